The molecule has 1 N–H and O–H groups in total. The molecule has 0 spiro atoms. The molecule has 7 nitrogen and oxygen atoms in total. The Morgan fingerprint density at radius 2 is 1.86 bits per heavy atom. The van der Waals surface area contributed by atoms with E-state index in [-0.39, 0.29) is 33.7 Å². The van der Waals surface area contributed by atoms with E-state index in [1.54, 1.807) is 12.1 Å². The number of hydrogen-bond donors (Lipinski definition) is 1. The van der Waals surface area contributed by atoms with Gasteiger partial charge in [0.05, 0.1) is 36.0 Å². The zero-order valence-corrected chi connectivity index (χ0v) is 17.1. The second-order valence-electron chi connectivity index (χ2n) is 5.22. The average molecular weight is 446 g/mol. The molecule has 0 unspecified atom stereocenters. The van der Waals surface area contributed by atoms with Crippen LogP contribution in [0, 0.1) is 0 Å². The summed E-state index contributed by atoms with van der Waals surface area (Å²) in [7, 11) is 2.66. The lowest BCUT2D eigenvalue weighted by Gasteiger charge is -2.12. The van der Waals surface area contributed by atoms with Gasteiger partial charge in [0.2, 0.25) is 0 Å². The minimum atomic E-state index is -0.563. The number of nitrogens with zero attached hydrogens (tertiary/aromatic N) is 1. The average Bonchev–Trinajstić information content (AvgIpc) is 2.66. The van der Waals surface area contributed by atoms with Gasteiger partial charge in [-0.3, -0.25) is 4.79 Å². The van der Waals surface area contributed by atoms with Crippen LogP contribution in [-0.4, -0.2) is 38.9 Å². The number of ether oxygens (including phenoxy) is 3. The number of hydrazone groups is 1. The van der Waals surface area contributed by atoms with E-state index in [1.807, 2.05) is 0 Å². The fourth-order valence-electron chi connectivity index (χ4n) is 2.04. The fraction of sp³-hybridized carbons (Fsp3) is 0.167. The van der Waals surface area contributed by atoms with Crippen molar-refractivity contribution < 1.29 is 23.8 Å². The highest BCUT2D eigenvalue weighted by atomic mass is 35.5. The monoisotopic (exact) mass is 444 g/mol. The first kappa shape index (κ1) is 21.8. The Labute approximate surface area is 176 Å². The third kappa shape index (κ3) is 5.76. The topological polar surface area (TPSA) is 86.2 Å². The van der Waals surface area contributed by atoms with Crippen LogP contribution in [-0.2, 0) is 9.53 Å². The van der Waals surface area contributed by atoms with Crippen LogP contribution in [0.5, 0.6) is 11.5 Å². The summed E-state index contributed by atoms with van der Waals surface area (Å²) < 4.78 is 15.0. The van der Waals surface area contributed by atoms with Gasteiger partial charge in [-0.1, -0.05) is 34.8 Å². The van der Waals surface area contributed by atoms with Crippen LogP contribution >= 0.6 is 34.8 Å². The Hall–Kier alpha value is -2.48. The van der Waals surface area contributed by atoms with E-state index in [2.05, 4.69) is 15.3 Å². The molecule has 0 aliphatic rings. The Kier molecular flexibility index (Phi) is 7.92. The molecule has 2 aromatic rings. The summed E-state index contributed by atoms with van der Waals surface area (Å²) in [5.41, 5.74) is 3.10. The standard InChI is InChI=1S/C18H15Cl3N2O5/c1-26-15-6-10(5-14(21)17(15)28-9-16(24)27-2)8-22-23-18(25)12-4-3-11(19)7-13(12)20/h3-8H,9H2,1-2H3,(H,23,25)/b22-8-. The molecule has 0 bridgehead atoms. The number of carbonyl (C=O) groups is 2. The predicted molar refractivity (Wildman–Crippen MR) is 107 cm³/mol. The van der Waals surface area contributed by atoms with Gasteiger partial charge in [0.1, 0.15) is 0 Å². The molecule has 10 heteroatoms. The van der Waals surface area contributed by atoms with Crippen molar-refractivity contribution in [1.29, 1.82) is 0 Å². The number of methoxy groups -OCH3 is 2. The van der Waals surface area contributed by atoms with Crippen molar-refractivity contribution in [2.75, 3.05) is 20.8 Å². The van der Waals surface area contributed by atoms with Crippen molar-refractivity contribution in [2.45, 2.75) is 0 Å². The van der Waals surface area contributed by atoms with Crippen LogP contribution in [0.1, 0.15) is 15.9 Å². The van der Waals surface area contributed by atoms with Gasteiger partial charge in [-0.2, -0.15) is 5.10 Å². The number of halogens is 3. The van der Waals surface area contributed by atoms with Crippen molar-refractivity contribution in [3.63, 3.8) is 0 Å². The van der Waals surface area contributed by atoms with Crippen molar-refractivity contribution in [3.05, 3.63) is 56.5 Å². The van der Waals surface area contributed by atoms with E-state index < -0.39 is 11.9 Å². The van der Waals surface area contributed by atoms with Crippen LogP contribution in [0.25, 0.3) is 0 Å². The van der Waals surface area contributed by atoms with Gasteiger partial charge < -0.3 is 14.2 Å². The molecule has 28 heavy (non-hydrogen) atoms. The summed E-state index contributed by atoms with van der Waals surface area (Å²) in [6, 6.07) is 7.59. The van der Waals surface area contributed by atoms with Crippen molar-refractivity contribution in [3.8, 4) is 11.5 Å². The van der Waals surface area contributed by atoms with E-state index in [0.29, 0.717) is 10.6 Å². The number of carbonyl (C=O) groups excluding carboxylic acids is 2. The van der Waals surface area contributed by atoms with Gasteiger partial charge in [-0.05, 0) is 35.9 Å². The van der Waals surface area contributed by atoms with Crippen LogP contribution in [0.2, 0.25) is 15.1 Å². The number of esters is 1. The number of benzene rings is 2. The lowest BCUT2D eigenvalue weighted by molar-refractivity contribution is -0.142. The minimum absolute atomic E-state index is 0.184. The summed E-state index contributed by atoms with van der Waals surface area (Å²) in [4.78, 5) is 23.3. The zero-order chi connectivity index (χ0) is 20.7. The molecule has 0 radical (unpaired) electrons. The van der Waals surface area contributed by atoms with Crippen molar-refractivity contribution in [1.82, 2.24) is 5.43 Å². The smallest absolute Gasteiger partial charge is 0.343 e. The molecule has 0 saturated carbocycles. The minimum Gasteiger partial charge on any atom is -0.493 e. The number of nitrogens with one attached hydrogen (secondary N) is 1. The summed E-state index contributed by atoms with van der Waals surface area (Å²) >= 11 is 18.0. The normalized spacial score (nSPS) is 10.6. The highest BCUT2D eigenvalue weighted by Gasteiger charge is 2.14. The molecule has 2 rings (SSSR count). The SMILES string of the molecule is COC(=O)COc1c(Cl)cc(/C=N\NC(=O)c2ccc(Cl)cc2Cl)cc1OC. The van der Waals surface area contributed by atoms with Gasteiger partial charge in [-0.15, -0.1) is 0 Å². The molecule has 148 valence electrons. The third-order valence-corrected chi connectivity index (χ3v) is 4.20. The molecular weight excluding hydrogens is 431 g/mol. The Bertz CT molecular complexity index is 918. The van der Waals surface area contributed by atoms with E-state index in [4.69, 9.17) is 44.3 Å². The van der Waals surface area contributed by atoms with Gasteiger partial charge >= 0.3 is 5.97 Å². The predicted octanol–water partition coefficient (Wildman–Crippen LogP) is 3.97. The van der Waals surface area contributed by atoms with Crippen LogP contribution in [0.4, 0.5) is 0 Å². The molecule has 0 aliphatic carbocycles. The first-order chi connectivity index (χ1) is 13.3. The lowest BCUT2D eigenvalue weighted by atomic mass is 10.2. The fourth-order valence-corrected chi connectivity index (χ4v) is 2.81. The van der Waals surface area contributed by atoms with E-state index in [9.17, 15) is 9.59 Å². The van der Waals surface area contributed by atoms with Crippen molar-refractivity contribution >= 4 is 52.9 Å². The number of amides is 1. The lowest BCUT2D eigenvalue weighted by Crippen LogP contribution is -2.18. The zero-order valence-electron chi connectivity index (χ0n) is 14.8. The van der Waals surface area contributed by atoms with Crippen LogP contribution in [0.15, 0.2) is 35.4 Å². The summed E-state index contributed by atoms with van der Waals surface area (Å²) in [5, 5.41) is 4.68. The third-order valence-electron chi connectivity index (χ3n) is 3.37. The highest BCUT2D eigenvalue weighted by molar-refractivity contribution is 6.36. The van der Waals surface area contributed by atoms with Gasteiger partial charge in [0.15, 0.2) is 18.1 Å². The summed E-state index contributed by atoms with van der Waals surface area (Å²) in [6.07, 6.45) is 1.36. The second-order valence-corrected chi connectivity index (χ2v) is 6.47. The molecule has 0 saturated heterocycles. The van der Waals surface area contributed by atoms with Gasteiger partial charge in [-0.25, -0.2) is 10.2 Å². The quantitative estimate of drug-likeness (QED) is 0.396. The van der Waals surface area contributed by atoms with E-state index >= 15 is 0 Å². The number of rotatable bonds is 7. The Morgan fingerprint density at radius 3 is 2.50 bits per heavy atom. The second kappa shape index (κ2) is 10.2. The largest absolute Gasteiger partial charge is 0.493 e. The highest BCUT2D eigenvalue weighted by Crippen LogP contribution is 2.36. The maximum Gasteiger partial charge on any atom is 0.343 e. The van der Waals surface area contributed by atoms with Crippen LogP contribution < -0.4 is 14.9 Å². The molecular formula is C18H15Cl3N2O5. The number of hydrogen-bond acceptors (Lipinski definition) is 6. The maximum absolute atomic E-state index is 12.1. The van der Waals surface area contributed by atoms with Crippen LogP contribution in [0.3, 0.4) is 0 Å². The molecule has 1 amide bonds. The summed E-state index contributed by atoms with van der Waals surface area (Å²) in [5.74, 6) is -0.602. The van der Waals surface area contributed by atoms with E-state index in [0.717, 1.165) is 0 Å². The molecule has 2 aromatic carbocycles. The molecule has 0 atom stereocenters. The Balaban J connectivity index is 2.11. The maximum atomic E-state index is 12.1. The first-order valence-corrected chi connectivity index (χ1v) is 8.84. The molecule has 0 heterocycles. The molecule has 0 fully saturated rings. The molecule has 0 aromatic heterocycles. The van der Waals surface area contributed by atoms with Gasteiger partial charge in [0.25, 0.3) is 5.91 Å². The van der Waals surface area contributed by atoms with E-state index in [1.165, 1.54) is 38.6 Å². The first-order valence-electron chi connectivity index (χ1n) is 7.71. The van der Waals surface area contributed by atoms with Gasteiger partial charge in [0, 0.05) is 5.02 Å². The Morgan fingerprint density at radius 1 is 1.11 bits per heavy atom. The summed E-state index contributed by atoms with van der Waals surface area (Å²) in [6.45, 7) is -0.322. The molecule has 0 aliphatic heterocycles. The van der Waals surface area contributed by atoms with Crippen molar-refractivity contribution in [2.24, 2.45) is 5.10 Å².